The van der Waals surface area contributed by atoms with Crippen LogP contribution in [-0.2, 0) is 11.2 Å². The first-order valence-electron chi connectivity index (χ1n) is 9.20. The highest BCUT2D eigenvalue weighted by Gasteiger charge is 2.27. The third-order valence-corrected chi connectivity index (χ3v) is 4.86. The van der Waals surface area contributed by atoms with E-state index in [4.69, 9.17) is 9.47 Å². The lowest BCUT2D eigenvalue weighted by Gasteiger charge is -2.32. The van der Waals surface area contributed by atoms with E-state index in [2.05, 4.69) is 37.3 Å². The van der Waals surface area contributed by atoms with Crippen molar-refractivity contribution in [1.82, 2.24) is 0 Å². The van der Waals surface area contributed by atoms with E-state index in [-0.39, 0.29) is 18.3 Å². The number of ether oxygens (including phenoxy) is 2. The van der Waals surface area contributed by atoms with Crippen molar-refractivity contribution in [3.63, 3.8) is 0 Å². The lowest BCUT2D eigenvalue weighted by atomic mass is 9.92. The second kappa shape index (κ2) is 8.03. The Balaban J connectivity index is 1.77. The maximum atomic E-state index is 10.0. The summed E-state index contributed by atoms with van der Waals surface area (Å²) >= 11 is 0. The van der Waals surface area contributed by atoms with Gasteiger partial charge in [0.25, 0.3) is 0 Å². The molecule has 0 aromatic heterocycles. The molecule has 0 aliphatic carbocycles. The maximum absolute atomic E-state index is 10.0. The van der Waals surface area contributed by atoms with Crippen molar-refractivity contribution in [2.24, 2.45) is 0 Å². The van der Waals surface area contributed by atoms with E-state index < -0.39 is 0 Å². The van der Waals surface area contributed by atoms with E-state index in [0.29, 0.717) is 13.0 Å². The van der Waals surface area contributed by atoms with E-state index in [0.717, 1.165) is 24.2 Å². The topological polar surface area (TPSA) is 38.7 Å². The average Bonchev–Trinajstić information content (AvgIpc) is 2.58. The van der Waals surface area contributed by atoms with Gasteiger partial charge in [0, 0.05) is 6.42 Å². The molecule has 3 atom stereocenters. The summed E-state index contributed by atoms with van der Waals surface area (Å²) in [6.45, 7) is 6.86. The number of hydrogen-bond acceptors (Lipinski definition) is 3. The molecule has 1 aliphatic heterocycles. The van der Waals surface area contributed by atoms with Crippen molar-refractivity contribution in [3.8, 4) is 5.75 Å². The molecular formula is C22H28O3. The molecule has 0 radical (unpaired) electrons. The summed E-state index contributed by atoms with van der Waals surface area (Å²) in [5.41, 5.74) is 5.01. The standard InChI is InChI=1S/C22H28O3/c1-4-24-21-9-6-17(7-10-21)12-19-13-18(8-5-15(19)2)22-14-20(23)11-16(3)25-22/h5-10,13,16,20,22-23H,4,11-12,14H2,1-3H3. The van der Waals surface area contributed by atoms with Gasteiger partial charge in [-0.05, 0) is 68.0 Å². The third kappa shape index (κ3) is 4.62. The van der Waals surface area contributed by atoms with Crippen molar-refractivity contribution in [2.45, 2.75) is 58.3 Å². The first kappa shape index (κ1) is 18.0. The lowest BCUT2D eigenvalue weighted by molar-refractivity contribution is -0.0895. The molecule has 1 N–H and O–H groups in total. The van der Waals surface area contributed by atoms with E-state index in [1.807, 2.05) is 26.0 Å². The summed E-state index contributed by atoms with van der Waals surface area (Å²) in [5.74, 6) is 0.912. The minimum Gasteiger partial charge on any atom is -0.494 e. The van der Waals surface area contributed by atoms with Gasteiger partial charge in [-0.1, -0.05) is 30.3 Å². The Bertz CT molecular complexity index is 683. The molecule has 3 heteroatoms. The van der Waals surface area contributed by atoms with Crippen molar-refractivity contribution < 1.29 is 14.6 Å². The summed E-state index contributed by atoms with van der Waals surface area (Å²) in [6.07, 6.45) is 2.10. The van der Waals surface area contributed by atoms with E-state index in [9.17, 15) is 5.11 Å². The maximum Gasteiger partial charge on any atom is 0.119 e. The first-order chi connectivity index (χ1) is 12.0. The largest absolute Gasteiger partial charge is 0.494 e. The van der Waals surface area contributed by atoms with Gasteiger partial charge in [0.05, 0.1) is 24.9 Å². The second-order valence-corrected chi connectivity index (χ2v) is 7.00. The number of rotatable bonds is 5. The molecule has 3 nitrogen and oxygen atoms in total. The Morgan fingerprint density at radius 1 is 1.12 bits per heavy atom. The first-order valence-corrected chi connectivity index (χ1v) is 9.20. The highest BCUT2D eigenvalue weighted by Crippen LogP contribution is 2.32. The number of aliphatic hydroxyl groups excluding tert-OH is 1. The van der Waals surface area contributed by atoms with Crippen molar-refractivity contribution >= 4 is 0 Å². The lowest BCUT2D eigenvalue weighted by Crippen LogP contribution is -2.29. The van der Waals surface area contributed by atoms with Crippen LogP contribution in [-0.4, -0.2) is 23.9 Å². The summed E-state index contributed by atoms with van der Waals surface area (Å²) in [5, 5.41) is 10.0. The quantitative estimate of drug-likeness (QED) is 0.865. The second-order valence-electron chi connectivity index (χ2n) is 7.00. The minimum atomic E-state index is -0.274. The third-order valence-electron chi connectivity index (χ3n) is 4.86. The molecule has 2 aromatic rings. The SMILES string of the molecule is CCOc1ccc(Cc2cc(C3CC(O)CC(C)O3)ccc2C)cc1. The summed E-state index contributed by atoms with van der Waals surface area (Å²) in [7, 11) is 0. The van der Waals surface area contributed by atoms with E-state index in [1.54, 1.807) is 0 Å². The van der Waals surface area contributed by atoms with Crippen LogP contribution in [0.1, 0.15) is 55.0 Å². The molecule has 1 aliphatic rings. The van der Waals surface area contributed by atoms with Gasteiger partial charge in [0.2, 0.25) is 0 Å². The molecule has 0 spiro atoms. The Labute approximate surface area is 150 Å². The van der Waals surface area contributed by atoms with E-state index in [1.165, 1.54) is 16.7 Å². The fraction of sp³-hybridized carbons (Fsp3) is 0.455. The van der Waals surface area contributed by atoms with Crippen LogP contribution < -0.4 is 4.74 Å². The zero-order valence-electron chi connectivity index (χ0n) is 15.4. The van der Waals surface area contributed by atoms with Crippen molar-refractivity contribution in [2.75, 3.05) is 6.61 Å². The van der Waals surface area contributed by atoms with Gasteiger partial charge in [0.15, 0.2) is 0 Å². The predicted octanol–water partition coefficient (Wildman–Crippen LogP) is 4.59. The molecule has 0 saturated carbocycles. The van der Waals surface area contributed by atoms with Gasteiger partial charge in [-0.25, -0.2) is 0 Å². The van der Waals surface area contributed by atoms with Crippen LogP contribution in [0.4, 0.5) is 0 Å². The molecule has 25 heavy (non-hydrogen) atoms. The Kier molecular flexibility index (Phi) is 5.77. The van der Waals surface area contributed by atoms with Crippen LogP contribution >= 0.6 is 0 Å². The minimum absolute atomic E-state index is 0.0153. The molecule has 3 rings (SSSR count). The van der Waals surface area contributed by atoms with Crippen LogP contribution in [0.3, 0.4) is 0 Å². The summed E-state index contributed by atoms with van der Waals surface area (Å²) in [6, 6.07) is 14.8. The van der Waals surface area contributed by atoms with E-state index >= 15 is 0 Å². The van der Waals surface area contributed by atoms with Gasteiger partial charge >= 0.3 is 0 Å². The predicted molar refractivity (Wildman–Crippen MR) is 100 cm³/mol. The van der Waals surface area contributed by atoms with Crippen LogP contribution in [0, 0.1) is 6.92 Å². The number of aliphatic hydroxyl groups is 1. The number of aryl methyl sites for hydroxylation is 1. The van der Waals surface area contributed by atoms with Crippen LogP contribution in [0.15, 0.2) is 42.5 Å². The molecule has 0 bridgehead atoms. The van der Waals surface area contributed by atoms with Gasteiger partial charge < -0.3 is 14.6 Å². The molecule has 134 valence electrons. The highest BCUT2D eigenvalue weighted by molar-refractivity contribution is 5.38. The van der Waals surface area contributed by atoms with Crippen LogP contribution in [0.5, 0.6) is 5.75 Å². The van der Waals surface area contributed by atoms with Crippen LogP contribution in [0.25, 0.3) is 0 Å². The molecule has 1 heterocycles. The van der Waals surface area contributed by atoms with Gasteiger partial charge in [-0.2, -0.15) is 0 Å². The Morgan fingerprint density at radius 3 is 2.56 bits per heavy atom. The zero-order chi connectivity index (χ0) is 17.8. The monoisotopic (exact) mass is 340 g/mol. The molecular weight excluding hydrogens is 312 g/mol. The molecule has 2 aromatic carbocycles. The summed E-state index contributed by atoms with van der Waals surface area (Å²) < 4.78 is 11.6. The Hall–Kier alpha value is -1.84. The number of benzene rings is 2. The van der Waals surface area contributed by atoms with Gasteiger partial charge in [-0.15, -0.1) is 0 Å². The molecule has 3 unspecified atom stereocenters. The zero-order valence-corrected chi connectivity index (χ0v) is 15.4. The average molecular weight is 340 g/mol. The van der Waals surface area contributed by atoms with Crippen LogP contribution in [0.2, 0.25) is 0 Å². The highest BCUT2D eigenvalue weighted by atomic mass is 16.5. The van der Waals surface area contributed by atoms with Crippen molar-refractivity contribution in [3.05, 3.63) is 64.7 Å². The van der Waals surface area contributed by atoms with Gasteiger partial charge in [-0.3, -0.25) is 0 Å². The molecule has 1 saturated heterocycles. The number of hydrogen-bond donors (Lipinski definition) is 1. The fourth-order valence-electron chi connectivity index (χ4n) is 3.50. The molecule has 0 amide bonds. The Morgan fingerprint density at radius 2 is 1.88 bits per heavy atom. The fourth-order valence-corrected chi connectivity index (χ4v) is 3.50. The van der Waals surface area contributed by atoms with Crippen molar-refractivity contribution in [1.29, 1.82) is 0 Å². The molecule has 1 fully saturated rings. The smallest absolute Gasteiger partial charge is 0.119 e. The normalized spacial score (nSPS) is 23.4. The van der Waals surface area contributed by atoms with Gasteiger partial charge in [0.1, 0.15) is 5.75 Å². The summed E-state index contributed by atoms with van der Waals surface area (Å²) in [4.78, 5) is 0.